The number of ether oxygens (including phenoxy) is 1. The molecule has 0 saturated carbocycles. The first-order chi connectivity index (χ1) is 7.50. The fourth-order valence-electron chi connectivity index (χ4n) is 2.13. The van der Waals surface area contributed by atoms with Gasteiger partial charge >= 0.3 is 0 Å². The molecule has 2 rings (SSSR count). The molecule has 0 radical (unpaired) electrons. The maximum Gasteiger partial charge on any atom is 0.221 e. The number of aliphatic hydroxyl groups is 1. The molecule has 1 aliphatic heterocycles. The van der Waals surface area contributed by atoms with Crippen molar-refractivity contribution in [1.82, 2.24) is 0 Å². The zero-order valence-electron chi connectivity index (χ0n) is 9.90. The molecule has 1 atom stereocenters. The van der Waals surface area contributed by atoms with Crippen molar-refractivity contribution in [3.05, 3.63) is 29.8 Å². The molecule has 1 aromatic carbocycles. The third-order valence-corrected chi connectivity index (χ3v) is 2.59. The molecule has 1 heterocycles. The molecular weight excluding hydrogens is 202 g/mol. The van der Waals surface area contributed by atoms with Crippen molar-refractivity contribution in [1.29, 1.82) is 0 Å². The van der Waals surface area contributed by atoms with E-state index >= 15 is 0 Å². The lowest BCUT2D eigenvalue weighted by Gasteiger charge is -2.32. The van der Waals surface area contributed by atoms with E-state index in [-0.39, 0.29) is 5.90 Å². The third-order valence-electron chi connectivity index (χ3n) is 2.59. The molecule has 0 aromatic heterocycles. The molecule has 3 heteroatoms. The van der Waals surface area contributed by atoms with Crippen molar-refractivity contribution >= 4 is 5.90 Å². The minimum atomic E-state index is -0.646. The Balaban J connectivity index is 2.36. The number of rotatable bonds is 2. The van der Waals surface area contributed by atoms with E-state index in [1.807, 2.05) is 31.2 Å². The first kappa shape index (κ1) is 11.0. The molecule has 0 spiro atoms. The number of fused-ring (bicyclic) bond motifs is 1. The topological polar surface area (TPSA) is 41.8 Å². The van der Waals surface area contributed by atoms with Crippen LogP contribution in [0.1, 0.15) is 32.8 Å². The van der Waals surface area contributed by atoms with Gasteiger partial charge in [-0.1, -0.05) is 26.0 Å². The zero-order valence-corrected chi connectivity index (χ0v) is 9.90. The van der Waals surface area contributed by atoms with Gasteiger partial charge in [-0.15, -0.1) is 0 Å². The second-order valence-corrected chi connectivity index (χ2v) is 4.81. The Labute approximate surface area is 95.8 Å². The maximum atomic E-state index is 9.88. The highest BCUT2D eigenvalue weighted by molar-refractivity contribution is 5.96. The highest BCUT2D eigenvalue weighted by atomic mass is 16.5. The van der Waals surface area contributed by atoms with Gasteiger partial charge in [-0.25, -0.2) is 4.99 Å². The summed E-state index contributed by atoms with van der Waals surface area (Å²) in [7, 11) is 0. The highest BCUT2D eigenvalue weighted by Gasteiger charge is 2.33. The van der Waals surface area contributed by atoms with E-state index in [4.69, 9.17) is 4.74 Å². The molecule has 1 N–H and O–H groups in total. The van der Waals surface area contributed by atoms with Crippen LogP contribution in [0.2, 0.25) is 0 Å². The van der Waals surface area contributed by atoms with Crippen LogP contribution in [0.15, 0.2) is 29.3 Å². The smallest absolute Gasteiger partial charge is 0.221 e. The van der Waals surface area contributed by atoms with Gasteiger partial charge in [-0.2, -0.15) is 0 Å². The third kappa shape index (κ3) is 2.03. The molecule has 0 amide bonds. The average Bonchev–Trinajstić information content (AvgIpc) is 2.15. The Morgan fingerprint density at radius 3 is 2.75 bits per heavy atom. The molecule has 16 heavy (non-hydrogen) atoms. The summed E-state index contributed by atoms with van der Waals surface area (Å²) in [5.41, 5.74) is 0.0239. The molecule has 1 aromatic rings. The average molecular weight is 219 g/mol. The summed E-state index contributed by atoms with van der Waals surface area (Å²) < 4.78 is 5.85. The number of para-hydroxylation sites is 1. The van der Waals surface area contributed by atoms with Gasteiger partial charge in [-0.05, 0) is 25.0 Å². The van der Waals surface area contributed by atoms with Gasteiger partial charge in [0.25, 0.3) is 0 Å². The molecule has 0 aliphatic carbocycles. The van der Waals surface area contributed by atoms with E-state index in [2.05, 4.69) is 18.8 Å². The molecule has 1 unspecified atom stereocenters. The summed E-state index contributed by atoms with van der Waals surface area (Å²) in [6.07, 6.45) is 0.783. The first-order valence-electron chi connectivity index (χ1n) is 5.57. The van der Waals surface area contributed by atoms with Gasteiger partial charge < -0.3 is 9.84 Å². The molecule has 0 saturated heterocycles. The van der Waals surface area contributed by atoms with Crippen LogP contribution in [0.25, 0.3) is 0 Å². The largest absolute Gasteiger partial charge is 0.493 e. The fraction of sp³-hybridized carbons (Fsp3) is 0.462. The number of benzene rings is 1. The molecule has 86 valence electrons. The van der Waals surface area contributed by atoms with Crippen LogP contribution in [0.5, 0.6) is 5.75 Å². The Kier molecular flexibility index (Phi) is 2.62. The van der Waals surface area contributed by atoms with Crippen LogP contribution in [-0.4, -0.2) is 16.7 Å². The molecule has 0 fully saturated rings. The van der Waals surface area contributed by atoms with E-state index in [9.17, 15) is 5.11 Å². The number of hydrogen-bond acceptors (Lipinski definition) is 2. The zero-order chi connectivity index (χ0) is 11.8. The predicted molar refractivity (Wildman–Crippen MR) is 64.1 cm³/mol. The summed E-state index contributed by atoms with van der Waals surface area (Å²) >= 11 is 0. The number of aliphatic hydroxyl groups excluding tert-OH is 1. The van der Waals surface area contributed by atoms with Crippen molar-refractivity contribution in [3.8, 4) is 5.75 Å². The SMILES string of the molecule is CC(C)CC1(C)N=C(O)c2ccccc2O1. The summed E-state index contributed by atoms with van der Waals surface area (Å²) in [4.78, 5) is 4.25. The standard InChI is InChI=1S/C13H17NO2/c1-9(2)8-13(3)14-12(15)10-6-4-5-7-11(10)16-13/h4-7,9H,8H2,1-3H3,(H,14,15). The number of nitrogens with zero attached hydrogens (tertiary/aromatic N) is 1. The summed E-state index contributed by atoms with van der Waals surface area (Å²) in [6, 6.07) is 7.42. The normalized spacial score (nSPS) is 23.6. The van der Waals surface area contributed by atoms with Gasteiger partial charge in [0.05, 0.1) is 5.56 Å². The van der Waals surface area contributed by atoms with Crippen LogP contribution in [0.3, 0.4) is 0 Å². The fourth-order valence-corrected chi connectivity index (χ4v) is 2.13. The van der Waals surface area contributed by atoms with Crippen LogP contribution in [0.4, 0.5) is 0 Å². The second-order valence-electron chi connectivity index (χ2n) is 4.81. The van der Waals surface area contributed by atoms with Gasteiger partial charge in [0.15, 0.2) is 0 Å². The first-order valence-corrected chi connectivity index (χ1v) is 5.57. The predicted octanol–water partition coefficient (Wildman–Crippen LogP) is 3.15. The van der Waals surface area contributed by atoms with E-state index in [1.54, 1.807) is 0 Å². The molecular formula is C13H17NO2. The van der Waals surface area contributed by atoms with Crippen molar-refractivity contribution in [2.75, 3.05) is 0 Å². The van der Waals surface area contributed by atoms with Crippen molar-refractivity contribution in [3.63, 3.8) is 0 Å². The number of hydrogen-bond donors (Lipinski definition) is 1. The highest BCUT2D eigenvalue weighted by Crippen LogP contribution is 2.33. The van der Waals surface area contributed by atoms with Crippen molar-refractivity contribution in [2.45, 2.75) is 32.9 Å². The Bertz CT molecular complexity index is 426. The van der Waals surface area contributed by atoms with E-state index in [0.29, 0.717) is 17.2 Å². The summed E-state index contributed by atoms with van der Waals surface area (Å²) in [6.45, 7) is 6.13. The lowest BCUT2D eigenvalue weighted by Crippen LogP contribution is -2.36. The summed E-state index contributed by atoms with van der Waals surface area (Å²) in [5.74, 6) is 1.25. The van der Waals surface area contributed by atoms with Gasteiger partial charge in [0.2, 0.25) is 11.6 Å². The molecule has 3 nitrogen and oxygen atoms in total. The second kappa shape index (κ2) is 3.81. The van der Waals surface area contributed by atoms with Gasteiger partial charge in [0.1, 0.15) is 5.75 Å². The lowest BCUT2D eigenvalue weighted by atomic mass is 10.0. The monoisotopic (exact) mass is 219 g/mol. The van der Waals surface area contributed by atoms with Crippen LogP contribution >= 0.6 is 0 Å². The van der Waals surface area contributed by atoms with Gasteiger partial charge in [0, 0.05) is 6.42 Å². The van der Waals surface area contributed by atoms with Crippen LogP contribution in [-0.2, 0) is 0 Å². The van der Waals surface area contributed by atoms with E-state index in [1.165, 1.54) is 0 Å². The Morgan fingerprint density at radius 2 is 2.06 bits per heavy atom. The molecule has 1 aliphatic rings. The van der Waals surface area contributed by atoms with Crippen molar-refractivity contribution in [2.24, 2.45) is 10.9 Å². The quantitative estimate of drug-likeness (QED) is 0.830. The van der Waals surface area contributed by atoms with Crippen molar-refractivity contribution < 1.29 is 9.84 Å². The minimum absolute atomic E-state index is 0.0741. The lowest BCUT2D eigenvalue weighted by molar-refractivity contribution is 0.0679. The van der Waals surface area contributed by atoms with Gasteiger partial charge in [-0.3, -0.25) is 0 Å². The Hall–Kier alpha value is -1.51. The summed E-state index contributed by atoms with van der Waals surface area (Å²) in [5, 5.41) is 9.88. The minimum Gasteiger partial charge on any atom is -0.493 e. The Morgan fingerprint density at radius 1 is 1.38 bits per heavy atom. The van der Waals surface area contributed by atoms with Crippen LogP contribution < -0.4 is 4.74 Å². The van der Waals surface area contributed by atoms with E-state index in [0.717, 1.165) is 6.42 Å². The number of aliphatic imine (C=N–C) groups is 1. The maximum absolute atomic E-state index is 9.88. The van der Waals surface area contributed by atoms with Crippen LogP contribution in [0, 0.1) is 5.92 Å². The van der Waals surface area contributed by atoms with E-state index < -0.39 is 5.72 Å². The molecule has 0 bridgehead atoms.